The minimum absolute atomic E-state index is 0.593. The van der Waals surface area contributed by atoms with Crippen LogP contribution in [0.5, 0.6) is 0 Å². The van der Waals surface area contributed by atoms with Gasteiger partial charge in [-0.3, -0.25) is 0 Å². The summed E-state index contributed by atoms with van der Waals surface area (Å²) in [5.74, 6) is 0.593. The van der Waals surface area contributed by atoms with Gasteiger partial charge in [0.15, 0.2) is 0 Å². The van der Waals surface area contributed by atoms with Gasteiger partial charge in [-0.2, -0.15) is 0 Å². The minimum atomic E-state index is 0.593. The quantitative estimate of drug-likeness (QED) is 0.701. The number of nitrogens with one attached hydrogen (secondary N) is 1. The molecule has 0 spiro atoms. The first-order valence-corrected chi connectivity index (χ1v) is 4.85. The van der Waals surface area contributed by atoms with Gasteiger partial charge < -0.3 is 5.32 Å². The van der Waals surface area contributed by atoms with Crippen molar-refractivity contribution in [2.75, 3.05) is 13.1 Å². The molecule has 1 atom stereocenters. The van der Waals surface area contributed by atoms with E-state index in [1.807, 2.05) is 6.92 Å². The van der Waals surface area contributed by atoms with E-state index in [9.17, 15) is 0 Å². The fourth-order valence-corrected chi connectivity index (χ4v) is 1.80. The predicted molar refractivity (Wildman–Crippen MR) is 51.6 cm³/mol. The van der Waals surface area contributed by atoms with Crippen molar-refractivity contribution in [2.45, 2.75) is 25.7 Å². The lowest BCUT2D eigenvalue weighted by Crippen LogP contribution is -2.28. The van der Waals surface area contributed by atoms with Crippen LogP contribution >= 0.6 is 0 Å². The number of aryl methyl sites for hydroxylation is 1. The largest absolute Gasteiger partial charge is 0.316 e. The summed E-state index contributed by atoms with van der Waals surface area (Å²) < 4.78 is 0. The highest BCUT2D eigenvalue weighted by Crippen LogP contribution is 2.20. The van der Waals surface area contributed by atoms with Gasteiger partial charge >= 0.3 is 0 Å². The highest BCUT2D eigenvalue weighted by molar-refractivity contribution is 5.12. The maximum atomic E-state index is 4.31. The van der Waals surface area contributed by atoms with Crippen LogP contribution in [-0.4, -0.2) is 23.1 Å². The molecule has 3 heteroatoms. The van der Waals surface area contributed by atoms with Crippen LogP contribution in [0.3, 0.4) is 0 Å². The summed E-state index contributed by atoms with van der Waals surface area (Å²) in [6.07, 6.45) is 4.18. The summed E-state index contributed by atoms with van der Waals surface area (Å²) in [6.45, 7) is 4.23. The maximum Gasteiger partial charge on any atom is 0.115 e. The molecule has 1 unspecified atom stereocenters. The Bertz CT molecular complexity index is 279. The lowest BCUT2D eigenvalue weighted by Gasteiger charge is -2.22. The van der Waals surface area contributed by atoms with Crippen molar-refractivity contribution in [3.05, 3.63) is 23.8 Å². The molecule has 1 N–H and O–H groups in total. The molecular weight excluding hydrogens is 162 g/mol. The van der Waals surface area contributed by atoms with Crippen LogP contribution in [0.25, 0.3) is 0 Å². The van der Waals surface area contributed by atoms with Gasteiger partial charge in [-0.05, 0) is 32.4 Å². The van der Waals surface area contributed by atoms with E-state index in [2.05, 4.69) is 21.4 Å². The Morgan fingerprint density at radius 3 is 3.08 bits per heavy atom. The Labute approximate surface area is 78.6 Å². The van der Waals surface area contributed by atoms with Crippen LogP contribution in [0.15, 0.2) is 12.4 Å². The van der Waals surface area contributed by atoms with E-state index in [1.165, 1.54) is 18.5 Å². The molecule has 0 aromatic carbocycles. The summed E-state index contributed by atoms with van der Waals surface area (Å²) >= 11 is 0. The molecule has 0 amide bonds. The third kappa shape index (κ3) is 2.04. The molecular formula is C10H15N3. The van der Waals surface area contributed by atoms with Gasteiger partial charge in [0, 0.05) is 23.9 Å². The van der Waals surface area contributed by atoms with E-state index in [0.29, 0.717) is 5.92 Å². The van der Waals surface area contributed by atoms with E-state index >= 15 is 0 Å². The smallest absolute Gasteiger partial charge is 0.115 e. The Balaban J connectivity index is 2.14. The molecule has 0 saturated carbocycles. The van der Waals surface area contributed by atoms with E-state index in [-0.39, 0.29) is 0 Å². The summed E-state index contributed by atoms with van der Waals surface area (Å²) in [5.41, 5.74) is 2.26. The molecule has 1 saturated heterocycles. The third-order valence-corrected chi connectivity index (χ3v) is 2.54. The van der Waals surface area contributed by atoms with Gasteiger partial charge in [0.2, 0.25) is 0 Å². The maximum absolute atomic E-state index is 4.31. The highest BCUT2D eigenvalue weighted by atomic mass is 14.9. The molecule has 0 radical (unpaired) electrons. The Hall–Kier alpha value is -0.960. The van der Waals surface area contributed by atoms with Gasteiger partial charge in [0.05, 0.1) is 0 Å². The van der Waals surface area contributed by atoms with Crippen molar-refractivity contribution in [1.29, 1.82) is 0 Å². The van der Waals surface area contributed by atoms with E-state index in [1.54, 1.807) is 6.33 Å². The van der Waals surface area contributed by atoms with Crippen LogP contribution in [0, 0.1) is 6.92 Å². The second-order valence-corrected chi connectivity index (χ2v) is 3.63. The van der Waals surface area contributed by atoms with Crippen molar-refractivity contribution in [3.63, 3.8) is 0 Å². The fourth-order valence-electron chi connectivity index (χ4n) is 1.80. The summed E-state index contributed by atoms with van der Waals surface area (Å²) in [7, 11) is 0. The Kier molecular flexibility index (Phi) is 2.54. The van der Waals surface area contributed by atoms with E-state index in [0.717, 1.165) is 18.8 Å². The van der Waals surface area contributed by atoms with Gasteiger partial charge in [-0.1, -0.05) is 0 Å². The molecule has 1 aliphatic rings. The number of piperidine rings is 1. The summed E-state index contributed by atoms with van der Waals surface area (Å²) in [6, 6.07) is 2.09. The van der Waals surface area contributed by atoms with Gasteiger partial charge in [-0.25, -0.2) is 9.97 Å². The molecule has 70 valence electrons. The Morgan fingerprint density at radius 1 is 1.46 bits per heavy atom. The fraction of sp³-hybridized carbons (Fsp3) is 0.600. The molecule has 2 rings (SSSR count). The van der Waals surface area contributed by atoms with E-state index in [4.69, 9.17) is 0 Å². The van der Waals surface area contributed by atoms with Crippen LogP contribution in [0.4, 0.5) is 0 Å². The first-order chi connectivity index (χ1) is 6.36. The van der Waals surface area contributed by atoms with Crippen LogP contribution < -0.4 is 5.32 Å². The molecule has 13 heavy (non-hydrogen) atoms. The zero-order chi connectivity index (χ0) is 9.10. The highest BCUT2D eigenvalue weighted by Gasteiger charge is 2.15. The van der Waals surface area contributed by atoms with Crippen molar-refractivity contribution in [1.82, 2.24) is 15.3 Å². The van der Waals surface area contributed by atoms with Crippen LogP contribution in [0.2, 0.25) is 0 Å². The molecule has 1 aromatic rings. The summed E-state index contributed by atoms with van der Waals surface area (Å²) in [5, 5.41) is 3.39. The lowest BCUT2D eigenvalue weighted by molar-refractivity contribution is 0.454. The molecule has 1 aromatic heterocycles. The molecule has 1 fully saturated rings. The zero-order valence-corrected chi connectivity index (χ0v) is 7.95. The average Bonchev–Trinajstić information content (AvgIpc) is 2.19. The van der Waals surface area contributed by atoms with Gasteiger partial charge in [0.1, 0.15) is 6.33 Å². The van der Waals surface area contributed by atoms with Crippen molar-refractivity contribution in [3.8, 4) is 0 Å². The third-order valence-electron chi connectivity index (χ3n) is 2.54. The lowest BCUT2D eigenvalue weighted by atomic mass is 9.96. The molecule has 3 nitrogen and oxygen atoms in total. The first kappa shape index (κ1) is 8.63. The Morgan fingerprint density at radius 2 is 2.38 bits per heavy atom. The number of aromatic nitrogens is 2. The second-order valence-electron chi connectivity index (χ2n) is 3.63. The minimum Gasteiger partial charge on any atom is -0.316 e. The van der Waals surface area contributed by atoms with E-state index < -0.39 is 0 Å². The molecule has 0 bridgehead atoms. The normalized spacial score (nSPS) is 23.0. The number of hydrogen-bond acceptors (Lipinski definition) is 3. The van der Waals surface area contributed by atoms with Crippen molar-refractivity contribution in [2.24, 2.45) is 0 Å². The number of nitrogens with zero attached hydrogens (tertiary/aromatic N) is 2. The summed E-state index contributed by atoms with van der Waals surface area (Å²) in [4.78, 5) is 8.42. The van der Waals surface area contributed by atoms with Crippen molar-refractivity contribution < 1.29 is 0 Å². The number of hydrogen-bond donors (Lipinski definition) is 1. The first-order valence-electron chi connectivity index (χ1n) is 4.85. The molecule has 0 aliphatic carbocycles. The van der Waals surface area contributed by atoms with Gasteiger partial charge in [-0.15, -0.1) is 0 Å². The average molecular weight is 177 g/mol. The predicted octanol–water partition coefficient (Wildman–Crippen LogP) is 1.25. The number of rotatable bonds is 1. The topological polar surface area (TPSA) is 37.8 Å². The standard InChI is InChI=1S/C10H15N3/c1-8-5-10(13-7-12-8)9-3-2-4-11-6-9/h5,7,9,11H,2-4,6H2,1H3. The molecule has 2 heterocycles. The molecule has 1 aliphatic heterocycles. The van der Waals surface area contributed by atoms with Crippen LogP contribution in [-0.2, 0) is 0 Å². The van der Waals surface area contributed by atoms with Crippen LogP contribution in [0.1, 0.15) is 30.1 Å². The SMILES string of the molecule is Cc1cc(C2CCCNC2)ncn1. The monoisotopic (exact) mass is 177 g/mol. The van der Waals surface area contributed by atoms with Gasteiger partial charge in [0.25, 0.3) is 0 Å². The zero-order valence-electron chi connectivity index (χ0n) is 7.95. The van der Waals surface area contributed by atoms with Crippen molar-refractivity contribution >= 4 is 0 Å². The second kappa shape index (κ2) is 3.83.